The lowest BCUT2D eigenvalue weighted by Crippen LogP contribution is -2.21. The first kappa shape index (κ1) is 26.3. The van der Waals surface area contributed by atoms with Gasteiger partial charge in [-0.1, -0.05) is 36.4 Å². The predicted molar refractivity (Wildman–Crippen MR) is 140 cm³/mol. The number of nitrogens with zero attached hydrogens (tertiary/aromatic N) is 1. The summed E-state index contributed by atoms with van der Waals surface area (Å²) in [4.78, 5) is 12.3. The molecule has 1 aliphatic rings. The van der Waals surface area contributed by atoms with E-state index in [-0.39, 0.29) is 29.6 Å². The van der Waals surface area contributed by atoms with Crippen molar-refractivity contribution in [2.24, 2.45) is 5.73 Å². The minimum atomic E-state index is -0.683. The van der Waals surface area contributed by atoms with Gasteiger partial charge in [0.25, 0.3) is 0 Å². The van der Waals surface area contributed by atoms with Crippen molar-refractivity contribution in [3.8, 4) is 29.1 Å². The molecule has 40 heavy (non-hydrogen) atoms. The molecule has 200 valence electrons. The molecule has 0 radical (unpaired) electrons. The van der Waals surface area contributed by atoms with Crippen LogP contribution in [0.3, 0.4) is 0 Å². The molecule has 9 heteroatoms. The first-order valence-corrected chi connectivity index (χ1v) is 12.2. The third-order valence-electron chi connectivity index (χ3n) is 6.14. The van der Waals surface area contributed by atoms with Gasteiger partial charge in [0.05, 0.1) is 5.92 Å². The molecule has 0 aromatic heterocycles. The van der Waals surface area contributed by atoms with Gasteiger partial charge in [-0.25, -0.2) is 13.6 Å². The van der Waals surface area contributed by atoms with Crippen LogP contribution in [0, 0.1) is 23.0 Å². The molecule has 0 spiro atoms. The van der Waals surface area contributed by atoms with Crippen LogP contribution in [0.4, 0.5) is 8.78 Å². The summed E-state index contributed by atoms with van der Waals surface area (Å²) < 4.78 is 49.3. The van der Waals surface area contributed by atoms with Crippen molar-refractivity contribution in [1.82, 2.24) is 0 Å². The van der Waals surface area contributed by atoms with Crippen LogP contribution in [0.1, 0.15) is 22.6 Å². The number of hydrogen-bond acceptors (Lipinski definition) is 7. The lowest BCUT2D eigenvalue weighted by Gasteiger charge is -2.27. The summed E-state index contributed by atoms with van der Waals surface area (Å²) >= 11 is 0. The average molecular weight is 541 g/mol. The van der Waals surface area contributed by atoms with E-state index in [4.69, 9.17) is 24.7 Å². The summed E-state index contributed by atoms with van der Waals surface area (Å²) in [7, 11) is 0. The van der Waals surface area contributed by atoms with E-state index in [1.165, 1.54) is 36.4 Å². The molecule has 1 unspecified atom stereocenters. The van der Waals surface area contributed by atoms with Crippen LogP contribution >= 0.6 is 0 Å². The Morgan fingerprint density at radius 3 is 2.45 bits per heavy atom. The van der Waals surface area contributed by atoms with Crippen molar-refractivity contribution in [2.75, 3.05) is 6.61 Å². The molecule has 0 fully saturated rings. The number of halogens is 2. The molecule has 4 aromatic rings. The fourth-order valence-electron chi connectivity index (χ4n) is 4.24. The second kappa shape index (κ2) is 11.6. The van der Waals surface area contributed by atoms with Crippen LogP contribution in [0.5, 0.6) is 23.0 Å². The number of esters is 1. The minimum Gasteiger partial charge on any atom is -0.489 e. The number of benzene rings is 4. The smallest absolute Gasteiger partial charge is 0.349 e. The van der Waals surface area contributed by atoms with E-state index in [0.717, 1.165) is 0 Å². The van der Waals surface area contributed by atoms with Gasteiger partial charge < -0.3 is 24.7 Å². The fraction of sp³-hybridized carbons (Fsp3) is 0.0968. The predicted octanol–water partition coefficient (Wildman–Crippen LogP) is 5.75. The summed E-state index contributed by atoms with van der Waals surface area (Å²) in [5.41, 5.74) is 8.05. The number of nitrogens with two attached hydrogens (primary N) is 1. The molecule has 4 aromatic carbocycles. The van der Waals surface area contributed by atoms with Gasteiger partial charge in [0.15, 0.2) is 6.61 Å². The molecular formula is C31H22F2N2O5. The molecule has 0 aliphatic carbocycles. The fourth-order valence-corrected chi connectivity index (χ4v) is 4.24. The van der Waals surface area contributed by atoms with Crippen LogP contribution in [0.2, 0.25) is 0 Å². The maximum atomic E-state index is 14.0. The Morgan fingerprint density at radius 1 is 0.900 bits per heavy atom. The Kier molecular flexibility index (Phi) is 7.60. The number of nitriles is 1. The van der Waals surface area contributed by atoms with Crippen LogP contribution in [0.15, 0.2) is 102 Å². The Hall–Kier alpha value is -5.36. The van der Waals surface area contributed by atoms with Gasteiger partial charge in [0, 0.05) is 17.2 Å². The summed E-state index contributed by atoms with van der Waals surface area (Å²) in [6.45, 7) is -0.365. The number of carbonyl (C=O) groups is 1. The minimum absolute atomic E-state index is 0.0309. The van der Waals surface area contributed by atoms with Crippen LogP contribution in [-0.4, -0.2) is 12.6 Å². The van der Waals surface area contributed by atoms with Gasteiger partial charge >= 0.3 is 5.97 Å². The van der Waals surface area contributed by atoms with E-state index in [1.807, 2.05) is 6.07 Å². The Labute approximate surface area is 228 Å². The number of allylic oxidation sites excluding steroid dienone is 1. The Morgan fingerprint density at radius 2 is 1.68 bits per heavy atom. The highest BCUT2D eigenvalue weighted by atomic mass is 19.1. The molecule has 0 amide bonds. The standard InChI is InChI=1S/C31H22F2N2O5/c32-21-8-10-22(11-9-21)38-18-29(36)39-24-12-13-25-28(15-24)40-31(35)26(16-34)30(25)19-5-3-6-23(14-19)37-17-20-4-1-2-7-27(20)33/h1-15,30H,17-18,35H2. The number of fused-ring (bicyclic) bond motifs is 1. The number of hydrogen-bond donors (Lipinski definition) is 1. The molecule has 1 atom stereocenters. The van der Waals surface area contributed by atoms with E-state index < -0.39 is 24.3 Å². The molecule has 5 rings (SSSR count). The van der Waals surface area contributed by atoms with Gasteiger partial charge in [-0.3, -0.25) is 0 Å². The Balaban J connectivity index is 1.34. The molecule has 0 saturated heterocycles. The topological polar surface area (TPSA) is 104 Å². The van der Waals surface area contributed by atoms with E-state index in [9.17, 15) is 18.8 Å². The normalized spacial score (nSPS) is 14.0. The van der Waals surface area contributed by atoms with Gasteiger partial charge in [-0.2, -0.15) is 5.26 Å². The van der Waals surface area contributed by atoms with Crippen molar-refractivity contribution in [2.45, 2.75) is 12.5 Å². The summed E-state index contributed by atoms with van der Waals surface area (Å²) in [5, 5.41) is 9.87. The quantitative estimate of drug-likeness (QED) is 0.224. The number of rotatable bonds is 8. The van der Waals surface area contributed by atoms with Gasteiger partial charge in [0.2, 0.25) is 5.88 Å². The molecule has 7 nitrogen and oxygen atoms in total. The zero-order valence-electron chi connectivity index (χ0n) is 21.0. The van der Waals surface area contributed by atoms with Crippen molar-refractivity contribution < 1.29 is 32.5 Å². The first-order valence-electron chi connectivity index (χ1n) is 12.2. The van der Waals surface area contributed by atoms with Crippen LogP contribution in [-0.2, 0) is 11.4 Å². The molecule has 0 bridgehead atoms. The van der Waals surface area contributed by atoms with E-state index >= 15 is 0 Å². The second-order valence-electron chi connectivity index (χ2n) is 8.79. The maximum Gasteiger partial charge on any atom is 0.349 e. The first-order chi connectivity index (χ1) is 19.4. The van der Waals surface area contributed by atoms with Gasteiger partial charge in [0.1, 0.15) is 52.9 Å². The van der Waals surface area contributed by atoms with Crippen molar-refractivity contribution in [1.29, 1.82) is 5.26 Å². The van der Waals surface area contributed by atoms with E-state index in [1.54, 1.807) is 48.5 Å². The van der Waals surface area contributed by atoms with Crippen molar-refractivity contribution >= 4 is 5.97 Å². The van der Waals surface area contributed by atoms with Crippen LogP contribution in [0.25, 0.3) is 0 Å². The summed E-state index contributed by atoms with van der Waals surface area (Å²) in [6.07, 6.45) is 0. The number of ether oxygens (including phenoxy) is 4. The van der Waals surface area contributed by atoms with Crippen LogP contribution < -0.4 is 24.7 Å². The van der Waals surface area contributed by atoms with E-state index in [0.29, 0.717) is 33.9 Å². The molecular weight excluding hydrogens is 518 g/mol. The largest absolute Gasteiger partial charge is 0.489 e. The van der Waals surface area contributed by atoms with Crippen molar-refractivity contribution in [3.63, 3.8) is 0 Å². The Bertz CT molecular complexity index is 1630. The summed E-state index contributed by atoms with van der Waals surface area (Å²) in [5.74, 6) is -0.844. The lowest BCUT2D eigenvalue weighted by atomic mass is 9.83. The second-order valence-corrected chi connectivity index (χ2v) is 8.79. The van der Waals surface area contributed by atoms with E-state index in [2.05, 4.69) is 6.07 Å². The van der Waals surface area contributed by atoms with Gasteiger partial charge in [-0.15, -0.1) is 0 Å². The molecule has 1 heterocycles. The monoisotopic (exact) mass is 540 g/mol. The zero-order valence-corrected chi connectivity index (χ0v) is 21.0. The van der Waals surface area contributed by atoms with Crippen molar-refractivity contribution in [3.05, 3.63) is 131 Å². The maximum absolute atomic E-state index is 14.0. The molecule has 1 aliphatic heterocycles. The highest BCUT2D eigenvalue weighted by molar-refractivity contribution is 5.74. The third kappa shape index (κ3) is 5.87. The number of carbonyl (C=O) groups excluding carboxylic acids is 1. The zero-order chi connectivity index (χ0) is 28.1. The molecule has 2 N–H and O–H groups in total. The average Bonchev–Trinajstić information content (AvgIpc) is 2.96. The summed E-state index contributed by atoms with van der Waals surface area (Å²) in [6, 6.07) is 25.5. The molecule has 0 saturated carbocycles. The third-order valence-corrected chi connectivity index (χ3v) is 6.14. The highest BCUT2D eigenvalue weighted by Gasteiger charge is 2.31. The van der Waals surface area contributed by atoms with Gasteiger partial charge in [-0.05, 0) is 54.1 Å². The SMILES string of the molecule is N#CC1=C(N)Oc2cc(OC(=O)COc3ccc(F)cc3)ccc2C1c1cccc(OCc2ccccc2F)c1. The highest BCUT2D eigenvalue weighted by Crippen LogP contribution is 2.44. The lowest BCUT2D eigenvalue weighted by molar-refractivity contribution is -0.136.